The molecule has 1 heterocycles. The molecule has 0 atom stereocenters. The number of rotatable bonds is 4. The Hall–Kier alpha value is -2.93. The first-order chi connectivity index (χ1) is 11.5. The lowest BCUT2D eigenvalue weighted by Gasteiger charge is -2.02. The monoisotopic (exact) mass is 347 g/mol. The summed E-state index contributed by atoms with van der Waals surface area (Å²) >= 11 is 5.75. The van der Waals surface area contributed by atoms with Gasteiger partial charge in [-0.05, 0) is 42.5 Å². The average molecular weight is 348 g/mol. The van der Waals surface area contributed by atoms with Crippen LogP contribution in [0.15, 0.2) is 52.7 Å². The van der Waals surface area contributed by atoms with E-state index in [1.807, 2.05) is 0 Å². The second-order valence-electron chi connectivity index (χ2n) is 4.85. The number of fused-ring (bicyclic) bond motifs is 1. The van der Waals surface area contributed by atoms with E-state index in [0.717, 1.165) is 0 Å². The number of aromatic nitrogens is 1. The molecule has 0 aliphatic heterocycles. The van der Waals surface area contributed by atoms with Gasteiger partial charge in [0.25, 0.3) is 0 Å². The zero-order valence-electron chi connectivity index (χ0n) is 12.2. The second kappa shape index (κ2) is 6.67. The Balaban J connectivity index is 1.70. The van der Waals surface area contributed by atoms with Crippen molar-refractivity contribution >= 4 is 34.1 Å². The number of hydrogen-bond donors (Lipinski definition) is 2. The number of aromatic amines is 1. The number of ether oxygens (including phenoxy) is 1. The third-order valence-electron chi connectivity index (χ3n) is 3.15. The maximum absolute atomic E-state index is 13.1. The van der Waals surface area contributed by atoms with Crippen molar-refractivity contribution in [1.29, 1.82) is 0 Å². The van der Waals surface area contributed by atoms with Crippen molar-refractivity contribution in [2.24, 2.45) is 10.2 Å². The van der Waals surface area contributed by atoms with Crippen LogP contribution < -0.4 is 4.74 Å². The number of nitrogens with zero attached hydrogens (tertiary/aromatic N) is 2. The SMILES string of the molecule is O=C(COc1ccc(Cl)cc1)N=Nc1c(O)[nH]c2cc(F)ccc12. The standard InChI is InChI=1S/C16H11ClFN3O3/c17-9-1-4-11(5-2-9)24-8-14(22)20-21-15-12-6-3-10(18)7-13(12)19-16(15)23/h1-7,19,23H,8H2. The third kappa shape index (κ3) is 3.52. The molecular formula is C16H11ClFN3O3. The number of amides is 1. The van der Waals surface area contributed by atoms with Crippen LogP contribution in [0.4, 0.5) is 10.1 Å². The van der Waals surface area contributed by atoms with Gasteiger partial charge in [0.2, 0.25) is 5.88 Å². The summed E-state index contributed by atoms with van der Waals surface area (Å²) < 4.78 is 18.4. The zero-order valence-corrected chi connectivity index (χ0v) is 12.9. The minimum absolute atomic E-state index is 0.0600. The number of halogens is 2. The highest BCUT2D eigenvalue weighted by Gasteiger charge is 2.11. The summed E-state index contributed by atoms with van der Waals surface area (Å²) in [7, 11) is 0. The van der Waals surface area contributed by atoms with E-state index in [0.29, 0.717) is 21.7 Å². The Morgan fingerprint density at radius 1 is 1.25 bits per heavy atom. The van der Waals surface area contributed by atoms with E-state index in [1.165, 1.54) is 18.2 Å². The number of nitrogens with one attached hydrogen (secondary N) is 1. The minimum atomic E-state index is -0.638. The quantitative estimate of drug-likeness (QED) is 0.687. The van der Waals surface area contributed by atoms with E-state index in [-0.39, 0.29) is 18.2 Å². The van der Waals surface area contributed by atoms with E-state index < -0.39 is 11.7 Å². The van der Waals surface area contributed by atoms with Crippen LogP contribution in [0.5, 0.6) is 11.6 Å². The van der Waals surface area contributed by atoms with Gasteiger partial charge in [-0.3, -0.25) is 4.79 Å². The van der Waals surface area contributed by atoms with Crippen LogP contribution in [0.1, 0.15) is 0 Å². The number of carbonyl (C=O) groups is 1. The summed E-state index contributed by atoms with van der Waals surface area (Å²) in [5.74, 6) is -0.931. The molecule has 8 heteroatoms. The van der Waals surface area contributed by atoms with Gasteiger partial charge >= 0.3 is 5.91 Å². The van der Waals surface area contributed by atoms with Crippen molar-refractivity contribution in [3.05, 3.63) is 53.3 Å². The Kier molecular flexibility index (Phi) is 4.43. The number of aromatic hydroxyl groups is 1. The lowest BCUT2D eigenvalue weighted by atomic mass is 10.2. The Morgan fingerprint density at radius 3 is 2.75 bits per heavy atom. The molecule has 3 aromatic rings. The number of hydrogen-bond acceptors (Lipinski definition) is 4. The molecule has 2 N–H and O–H groups in total. The minimum Gasteiger partial charge on any atom is -0.493 e. The van der Waals surface area contributed by atoms with Crippen LogP contribution in [-0.2, 0) is 4.79 Å². The van der Waals surface area contributed by atoms with Gasteiger partial charge in [0.15, 0.2) is 12.3 Å². The van der Waals surface area contributed by atoms with Crippen LogP contribution in [0.2, 0.25) is 5.02 Å². The molecule has 0 bridgehead atoms. The van der Waals surface area contributed by atoms with E-state index in [9.17, 15) is 14.3 Å². The van der Waals surface area contributed by atoms with Gasteiger partial charge in [-0.2, -0.15) is 0 Å². The molecule has 3 rings (SSSR count). The molecule has 6 nitrogen and oxygen atoms in total. The summed E-state index contributed by atoms with van der Waals surface area (Å²) in [6, 6.07) is 10.4. The summed E-state index contributed by atoms with van der Waals surface area (Å²) in [4.78, 5) is 14.3. The van der Waals surface area contributed by atoms with Crippen LogP contribution >= 0.6 is 11.6 Å². The zero-order chi connectivity index (χ0) is 17.1. The summed E-state index contributed by atoms with van der Waals surface area (Å²) in [5.41, 5.74) is 0.413. The molecule has 1 amide bonds. The molecule has 0 unspecified atom stereocenters. The van der Waals surface area contributed by atoms with Crippen molar-refractivity contribution < 1.29 is 19.0 Å². The average Bonchev–Trinajstić information content (AvgIpc) is 2.86. The molecule has 0 radical (unpaired) electrons. The largest absolute Gasteiger partial charge is 0.493 e. The van der Waals surface area contributed by atoms with E-state index in [1.54, 1.807) is 24.3 Å². The van der Waals surface area contributed by atoms with Crippen molar-refractivity contribution in [1.82, 2.24) is 4.98 Å². The molecule has 0 fully saturated rings. The van der Waals surface area contributed by atoms with Crippen LogP contribution in [-0.4, -0.2) is 22.6 Å². The third-order valence-corrected chi connectivity index (χ3v) is 3.40. The van der Waals surface area contributed by atoms with Gasteiger partial charge in [0.1, 0.15) is 11.6 Å². The maximum atomic E-state index is 13.1. The Labute approximate surface area is 140 Å². The topological polar surface area (TPSA) is 87.0 Å². The maximum Gasteiger partial charge on any atom is 0.302 e. The van der Waals surface area contributed by atoms with Gasteiger partial charge in [-0.15, -0.1) is 10.2 Å². The molecule has 0 saturated carbocycles. The van der Waals surface area contributed by atoms with Crippen molar-refractivity contribution in [2.75, 3.05) is 6.61 Å². The van der Waals surface area contributed by atoms with E-state index in [4.69, 9.17) is 16.3 Å². The Morgan fingerprint density at radius 2 is 2.00 bits per heavy atom. The number of azo groups is 1. The van der Waals surface area contributed by atoms with Gasteiger partial charge in [-0.25, -0.2) is 4.39 Å². The van der Waals surface area contributed by atoms with Crippen molar-refractivity contribution in [2.45, 2.75) is 0 Å². The van der Waals surface area contributed by atoms with Gasteiger partial charge < -0.3 is 14.8 Å². The number of carbonyl (C=O) groups excluding carboxylic acids is 1. The predicted molar refractivity (Wildman–Crippen MR) is 86.4 cm³/mol. The molecule has 24 heavy (non-hydrogen) atoms. The summed E-state index contributed by atoms with van der Waals surface area (Å²) in [5, 5.41) is 18.0. The first-order valence-corrected chi connectivity index (χ1v) is 7.24. The van der Waals surface area contributed by atoms with Crippen LogP contribution in [0.25, 0.3) is 10.9 Å². The van der Waals surface area contributed by atoms with Crippen LogP contribution in [0.3, 0.4) is 0 Å². The molecule has 0 aliphatic carbocycles. The fraction of sp³-hybridized carbons (Fsp3) is 0.0625. The number of benzene rings is 2. The van der Waals surface area contributed by atoms with Gasteiger partial charge in [0, 0.05) is 10.4 Å². The fourth-order valence-electron chi connectivity index (χ4n) is 2.05. The molecule has 1 aromatic heterocycles. The highest BCUT2D eigenvalue weighted by molar-refractivity contribution is 6.30. The lowest BCUT2D eigenvalue weighted by molar-refractivity contribution is -0.120. The van der Waals surface area contributed by atoms with Crippen molar-refractivity contribution in [3.63, 3.8) is 0 Å². The van der Waals surface area contributed by atoms with E-state index in [2.05, 4.69) is 15.2 Å². The summed E-state index contributed by atoms with van der Waals surface area (Å²) in [6.45, 7) is -0.317. The molecular weight excluding hydrogens is 337 g/mol. The van der Waals surface area contributed by atoms with Gasteiger partial charge in [-0.1, -0.05) is 11.6 Å². The fourth-order valence-corrected chi connectivity index (χ4v) is 2.18. The van der Waals surface area contributed by atoms with Crippen molar-refractivity contribution in [3.8, 4) is 11.6 Å². The predicted octanol–water partition coefficient (Wildman–Crippen LogP) is 4.36. The van der Waals surface area contributed by atoms with Gasteiger partial charge in [0.05, 0.1) is 5.52 Å². The molecule has 0 spiro atoms. The first kappa shape index (κ1) is 15.9. The highest BCUT2D eigenvalue weighted by Crippen LogP contribution is 2.35. The van der Waals surface area contributed by atoms with E-state index >= 15 is 0 Å². The lowest BCUT2D eigenvalue weighted by Crippen LogP contribution is -2.07. The molecule has 122 valence electrons. The normalized spacial score (nSPS) is 11.2. The highest BCUT2D eigenvalue weighted by atomic mass is 35.5. The molecule has 0 aliphatic rings. The Bertz CT molecular complexity index is 922. The van der Waals surface area contributed by atoms with Crippen LogP contribution in [0, 0.1) is 5.82 Å². The summed E-state index contributed by atoms with van der Waals surface area (Å²) in [6.07, 6.45) is 0. The second-order valence-corrected chi connectivity index (χ2v) is 5.28. The molecule has 2 aromatic carbocycles. The first-order valence-electron chi connectivity index (χ1n) is 6.86. The smallest absolute Gasteiger partial charge is 0.302 e. The number of H-pyrrole nitrogens is 1. The molecule has 0 saturated heterocycles.